The monoisotopic (exact) mass is 380 g/mol. The lowest BCUT2D eigenvalue weighted by Crippen LogP contribution is -2.21. The second kappa shape index (κ2) is 8.55. The first-order valence-corrected chi connectivity index (χ1v) is 10.6. The fourth-order valence-electron chi connectivity index (χ4n) is 4.30. The van der Waals surface area contributed by atoms with Gasteiger partial charge in [0.15, 0.2) is 0 Å². The topological polar surface area (TPSA) is 25.8 Å². The number of hydrogen-bond acceptors (Lipinski definition) is 2. The van der Waals surface area contributed by atoms with Gasteiger partial charge in [-0.1, -0.05) is 46.3 Å². The predicted octanol–water partition coefficient (Wildman–Crippen LogP) is 6.71. The SMILES string of the molecule is CCc1cc2c(nc1-c1ccc(C(C)C)nc1C)C(C)=CC([C@H](CC)CF)C2. The van der Waals surface area contributed by atoms with Crippen LogP contribution in [0.1, 0.15) is 75.2 Å². The van der Waals surface area contributed by atoms with Crippen molar-refractivity contribution in [3.63, 3.8) is 0 Å². The molecule has 3 heteroatoms. The van der Waals surface area contributed by atoms with Crippen LogP contribution in [0.25, 0.3) is 16.8 Å². The zero-order valence-electron chi connectivity index (χ0n) is 18.1. The van der Waals surface area contributed by atoms with Gasteiger partial charge in [-0.25, -0.2) is 4.98 Å². The molecule has 0 saturated carbocycles. The molecule has 2 aromatic heterocycles. The minimum absolute atomic E-state index is 0.0999. The number of allylic oxidation sites excluding steroid dienone is 2. The van der Waals surface area contributed by atoms with Crippen LogP contribution in [0.15, 0.2) is 24.3 Å². The number of nitrogens with zero attached hydrogens (tertiary/aromatic N) is 2. The molecule has 1 unspecified atom stereocenters. The standard InChI is InChI=1S/C25H33FN2/c1-7-18-12-21-13-20(19(8-2)14-26)11-16(5)24(21)28-25(18)22-9-10-23(15(3)4)27-17(22)6/h9-12,15,19-20H,7-8,13-14H2,1-6H3/t19-,20?/m1/s1. The molecular weight excluding hydrogens is 347 g/mol. The van der Waals surface area contributed by atoms with E-state index in [1.165, 1.54) is 16.7 Å². The number of aromatic nitrogens is 2. The average Bonchev–Trinajstić information content (AvgIpc) is 2.68. The summed E-state index contributed by atoms with van der Waals surface area (Å²) >= 11 is 0. The van der Waals surface area contributed by atoms with Crippen LogP contribution in [0, 0.1) is 18.8 Å². The van der Waals surface area contributed by atoms with Crippen molar-refractivity contribution in [2.24, 2.45) is 11.8 Å². The number of aryl methyl sites for hydroxylation is 2. The van der Waals surface area contributed by atoms with E-state index in [-0.39, 0.29) is 18.5 Å². The Labute approximate surface area is 169 Å². The summed E-state index contributed by atoms with van der Waals surface area (Å²) in [5.74, 6) is 0.787. The molecule has 0 amide bonds. The second-order valence-electron chi connectivity index (χ2n) is 8.42. The van der Waals surface area contributed by atoms with E-state index < -0.39 is 0 Å². The molecular formula is C25H33FN2. The molecule has 3 rings (SSSR count). The van der Waals surface area contributed by atoms with E-state index in [0.717, 1.165) is 47.6 Å². The van der Waals surface area contributed by atoms with Gasteiger partial charge in [0.05, 0.1) is 18.1 Å². The van der Waals surface area contributed by atoms with Gasteiger partial charge < -0.3 is 0 Å². The Morgan fingerprint density at radius 2 is 1.86 bits per heavy atom. The van der Waals surface area contributed by atoms with Crippen molar-refractivity contribution in [2.45, 2.75) is 66.7 Å². The quantitative estimate of drug-likeness (QED) is 0.556. The summed E-state index contributed by atoms with van der Waals surface area (Å²) in [6, 6.07) is 6.60. The van der Waals surface area contributed by atoms with Crippen molar-refractivity contribution in [2.75, 3.05) is 6.67 Å². The summed E-state index contributed by atoms with van der Waals surface area (Å²) in [5.41, 5.74) is 9.08. The fraction of sp³-hybridized carbons (Fsp3) is 0.520. The van der Waals surface area contributed by atoms with Crippen molar-refractivity contribution < 1.29 is 4.39 Å². The molecule has 0 saturated heterocycles. The van der Waals surface area contributed by atoms with Gasteiger partial charge in [-0.05, 0) is 73.3 Å². The molecule has 0 aromatic carbocycles. The maximum absolute atomic E-state index is 13.5. The number of halogens is 1. The van der Waals surface area contributed by atoms with Crippen molar-refractivity contribution in [3.8, 4) is 11.3 Å². The van der Waals surface area contributed by atoms with Crippen LogP contribution in [0.4, 0.5) is 4.39 Å². The van der Waals surface area contributed by atoms with Crippen molar-refractivity contribution in [1.82, 2.24) is 9.97 Å². The Hall–Kier alpha value is -2.03. The third-order valence-electron chi connectivity index (χ3n) is 6.14. The maximum atomic E-state index is 13.5. The largest absolute Gasteiger partial charge is 0.257 e. The molecule has 0 bridgehead atoms. The average molecular weight is 381 g/mol. The highest BCUT2D eigenvalue weighted by Gasteiger charge is 2.26. The molecule has 2 heterocycles. The van der Waals surface area contributed by atoms with Crippen molar-refractivity contribution in [1.29, 1.82) is 0 Å². The zero-order chi connectivity index (χ0) is 20.4. The summed E-state index contributed by atoms with van der Waals surface area (Å²) in [7, 11) is 0. The predicted molar refractivity (Wildman–Crippen MR) is 116 cm³/mol. The fourth-order valence-corrected chi connectivity index (χ4v) is 4.30. The van der Waals surface area contributed by atoms with E-state index in [0.29, 0.717) is 5.92 Å². The minimum atomic E-state index is -0.251. The molecule has 2 aromatic rings. The van der Waals surface area contributed by atoms with Crippen molar-refractivity contribution in [3.05, 3.63) is 52.5 Å². The number of rotatable bonds is 6. The minimum Gasteiger partial charge on any atom is -0.257 e. The van der Waals surface area contributed by atoms with Gasteiger partial charge in [-0.3, -0.25) is 9.37 Å². The Morgan fingerprint density at radius 3 is 2.43 bits per heavy atom. The van der Waals surface area contributed by atoms with E-state index in [4.69, 9.17) is 9.97 Å². The van der Waals surface area contributed by atoms with Crippen LogP contribution in [0.5, 0.6) is 0 Å². The summed E-state index contributed by atoms with van der Waals surface area (Å²) in [5, 5.41) is 0. The smallest absolute Gasteiger partial charge is 0.0928 e. The lowest BCUT2D eigenvalue weighted by Gasteiger charge is -2.28. The highest BCUT2D eigenvalue weighted by atomic mass is 19.1. The second-order valence-corrected chi connectivity index (χ2v) is 8.42. The number of fused-ring (bicyclic) bond motifs is 1. The Morgan fingerprint density at radius 1 is 1.11 bits per heavy atom. The lowest BCUT2D eigenvalue weighted by atomic mass is 9.79. The van der Waals surface area contributed by atoms with Crippen LogP contribution < -0.4 is 0 Å². The van der Waals surface area contributed by atoms with Crippen LogP contribution in [0.2, 0.25) is 0 Å². The molecule has 2 atom stereocenters. The summed E-state index contributed by atoms with van der Waals surface area (Å²) in [6.45, 7) is 12.5. The van der Waals surface area contributed by atoms with Gasteiger partial charge >= 0.3 is 0 Å². The van der Waals surface area contributed by atoms with Gasteiger partial charge in [0.1, 0.15) is 0 Å². The first-order valence-electron chi connectivity index (χ1n) is 10.6. The van der Waals surface area contributed by atoms with Gasteiger partial charge in [0.2, 0.25) is 0 Å². The summed E-state index contributed by atoms with van der Waals surface area (Å²) in [4.78, 5) is 9.93. The molecule has 150 valence electrons. The normalized spacial score (nSPS) is 17.4. The molecule has 0 N–H and O–H groups in total. The first kappa shape index (κ1) is 20.7. The molecule has 1 aliphatic rings. The van der Waals surface area contributed by atoms with Gasteiger partial charge in [0.25, 0.3) is 0 Å². The third-order valence-corrected chi connectivity index (χ3v) is 6.14. The Bertz CT molecular complexity index is 878. The summed E-state index contributed by atoms with van der Waals surface area (Å²) in [6.07, 6.45) is 4.93. The van der Waals surface area contributed by atoms with Crippen LogP contribution >= 0.6 is 0 Å². The summed E-state index contributed by atoms with van der Waals surface area (Å²) < 4.78 is 13.5. The van der Waals surface area contributed by atoms with Crippen LogP contribution in [0.3, 0.4) is 0 Å². The Balaban J connectivity index is 2.07. The van der Waals surface area contributed by atoms with Gasteiger partial charge in [0, 0.05) is 17.0 Å². The molecule has 28 heavy (non-hydrogen) atoms. The highest BCUT2D eigenvalue weighted by molar-refractivity contribution is 5.73. The molecule has 0 aliphatic heterocycles. The zero-order valence-corrected chi connectivity index (χ0v) is 18.1. The van der Waals surface area contributed by atoms with Gasteiger partial charge in [-0.15, -0.1) is 0 Å². The third kappa shape index (κ3) is 3.90. The molecule has 1 aliphatic carbocycles. The highest BCUT2D eigenvalue weighted by Crippen LogP contribution is 2.36. The number of alkyl halides is 1. The van der Waals surface area contributed by atoms with Crippen LogP contribution in [-0.4, -0.2) is 16.6 Å². The number of hydrogen-bond donors (Lipinski definition) is 0. The molecule has 0 spiro atoms. The molecule has 0 fully saturated rings. The van der Waals surface area contributed by atoms with E-state index in [2.05, 4.69) is 65.8 Å². The lowest BCUT2D eigenvalue weighted by molar-refractivity contribution is 0.285. The number of pyridine rings is 2. The van der Waals surface area contributed by atoms with E-state index >= 15 is 0 Å². The maximum Gasteiger partial charge on any atom is 0.0928 e. The van der Waals surface area contributed by atoms with Gasteiger partial charge in [-0.2, -0.15) is 0 Å². The van der Waals surface area contributed by atoms with Crippen LogP contribution in [-0.2, 0) is 12.8 Å². The van der Waals surface area contributed by atoms with E-state index in [1.807, 2.05) is 0 Å². The van der Waals surface area contributed by atoms with E-state index in [9.17, 15) is 4.39 Å². The first-order chi connectivity index (χ1) is 13.4. The molecule has 0 radical (unpaired) electrons. The van der Waals surface area contributed by atoms with E-state index in [1.54, 1.807) is 0 Å². The molecule has 2 nitrogen and oxygen atoms in total. The van der Waals surface area contributed by atoms with Crippen molar-refractivity contribution >= 4 is 5.57 Å². The Kier molecular flexibility index (Phi) is 6.32.